The smallest absolute Gasteiger partial charge is 0.337 e. The molecular formula is C20H22N2O5. The first kappa shape index (κ1) is 20.0. The second kappa shape index (κ2) is 9.38. The summed E-state index contributed by atoms with van der Waals surface area (Å²) in [5.74, 6) is -0.354. The summed E-state index contributed by atoms with van der Waals surface area (Å²) in [6, 6.07) is 13.4. The van der Waals surface area contributed by atoms with E-state index in [1.807, 2.05) is 0 Å². The molecule has 0 aliphatic rings. The topological polar surface area (TPSA) is 84.9 Å². The zero-order chi connectivity index (χ0) is 19.8. The Labute approximate surface area is 157 Å². The van der Waals surface area contributed by atoms with Crippen LogP contribution in [0.5, 0.6) is 5.75 Å². The largest absolute Gasteiger partial charge is 0.497 e. The SMILES string of the molecule is COC(=O)c1cccc(N(CCNC(=O)c2cccc(OC)c2)C(C)=O)c1. The van der Waals surface area contributed by atoms with Crippen molar-refractivity contribution in [2.45, 2.75) is 6.92 Å². The number of carbonyl (C=O) groups excluding carboxylic acids is 3. The van der Waals surface area contributed by atoms with Gasteiger partial charge in [0.15, 0.2) is 0 Å². The van der Waals surface area contributed by atoms with E-state index >= 15 is 0 Å². The molecule has 0 bridgehead atoms. The minimum atomic E-state index is -0.480. The van der Waals surface area contributed by atoms with E-state index in [9.17, 15) is 14.4 Å². The second-order valence-electron chi connectivity index (χ2n) is 5.70. The van der Waals surface area contributed by atoms with E-state index in [1.165, 1.54) is 26.0 Å². The molecule has 7 nitrogen and oxygen atoms in total. The Morgan fingerprint density at radius 3 is 2.37 bits per heavy atom. The van der Waals surface area contributed by atoms with Gasteiger partial charge in [0.05, 0.1) is 19.8 Å². The van der Waals surface area contributed by atoms with Gasteiger partial charge in [0, 0.05) is 31.3 Å². The molecule has 0 aliphatic heterocycles. The van der Waals surface area contributed by atoms with Gasteiger partial charge >= 0.3 is 5.97 Å². The minimum Gasteiger partial charge on any atom is -0.497 e. The van der Waals surface area contributed by atoms with E-state index in [2.05, 4.69) is 5.32 Å². The number of anilines is 1. The van der Waals surface area contributed by atoms with Gasteiger partial charge in [-0.3, -0.25) is 9.59 Å². The molecule has 142 valence electrons. The molecule has 0 saturated heterocycles. The maximum atomic E-state index is 12.3. The van der Waals surface area contributed by atoms with Gasteiger partial charge < -0.3 is 19.7 Å². The van der Waals surface area contributed by atoms with Crippen LogP contribution in [0, 0.1) is 0 Å². The van der Waals surface area contributed by atoms with E-state index in [0.717, 1.165) is 0 Å². The molecule has 0 aliphatic carbocycles. The van der Waals surface area contributed by atoms with Gasteiger partial charge in [-0.2, -0.15) is 0 Å². The van der Waals surface area contributed by atoms with Crippen LogP contribution >= 0.6 is 0 Å². The summed E-state index contributed by atoms with van der Waals surface area (Å²) in [6.45, 7) is 1.93. The number of rotatable bonds is 7. The van der Waals surface area contributed by atoms with Crippen molar-refractivity contribution >= 4 is 23.5 Å². The van der Waals surface area contributed by atoms with Gasteiger partial charge in [-0.15, -0.1) is 0 Å². The number of nitrogens with zero attached hydrogens (tertiary/aromatic N) is 1. The number of amides is 2. The number of ether oxygens (including phenoxy) is 2. The molecule has 0 saturated carbocycles. The number of hydrogen-bond donors (Lipinski definition) is 1. The van der Waals surface area contributed by atoms with Crippen molar-refractivity contribution in [1.29, 1.82) is 0 Å². The van der Waals surface area contributed by atoms with Gasteiger partial charge in [0.25, 0.3) is 5.91 Å². The van der Waals surface area contributed by atoms with Gasteiger partial charge in [-0.05, 0) is 36.4 Å². The van der Waals surface area contributed by atoms with Crippen molar-refractivity contribution in [3.63, 3.8) is 0 Å². The first-order chi connectivity index (χ1) is 13.0. The summed E-state index contributed by atoms with van der Waals surface area (Å²) in [4.78, 5) is 37.4. The predicted octanol–water partition coefficient (Wildman–Crippen LogP) is 2.26. The van der Waals surface area contributed by atoms with Crippen LogP contribution < -0.4 is 15.0 Å². The van der Waals surface area contributed by atoms with Crippen molar-refractivity contribution < 1.29 is 23.9 Å². The van der Waals surface area contributed by atoms with Crippen molar-refractivity contribution in [1.82, 2.24) is 5.32 Å². The Morgan fingerprint density at radius 1 is 1.00 bits per heavy atom. The third-order valence-corrected chi connectivity index (χ3v) is 3.91. The van der Waals surface area contributed by atoms with Crippen LogP contribution in [0.4, 0.5) is 5.69 Å². The molecule has 2 rings (SSSR count). The fourth-order valence-electron chi connectivity index (χ4n) is 2.53. The van der Waals surface area contributed by atoms with Crippen molar-refractivity contribution in [3.05, 3.63) is 59.7 Å². The maximum Gasteiger partial charge on any atom is 0.337 e. The van der Waals surface area contributed by atoms with Crippen LogP contribution in [-0.4, -0.2) is 45.1 Å². The van der Waals surface area contributed by atoms with Crippen LogP contribution in [0.3, 0.4) is 0 Å². The Balaban J connectivity index is 2.04. The summed E-state index contributed by atoms with van der Waals surface area (Å²) < 4.78 is 9.81. The molecule has 0 aromatic heterocycles. The molecule has 2 aromatic rings. The van der Waals surface area contributed by atoms with Crippen LogP contribution in [0.1, 0.15) is 27.6 Å². The molecule has 1 N–H and O–H groups in total. The molecule has 0 heterocycles. The van der Waals surface area contributed by atoms with E-state index in [-0.39, 0.29) is 24.9 Å². The molecule has 0 radical (unpaired) electrons. The highest BCUT2D eigenvalue weighted by Crippen LogP contribution is 2.17. The summed E-state index contributed by atoms with van der Waals surface area (Å²) in [6.07, 6.45) is 0. The highest BCUT2D eigenvalue weighted by atomic mass is 16.5. The summed E-state index contributed by atoms with van der Waals surface area (Å²) >= 11 is 0. The average Bonchev–Trinajstić information content (AvgIpc) is 2.70. The van der Waals surface area contributed by atoms with Crippen LogP contribution in [0.15, 0.2) is 48.5 Å². The van der Waals surface area contributed by atoms with E-state index in [4.69, 9.17) is 9.47 Å². The quantitative estimate of drug-likeness (QED) is 0.756. The normalized spacial score (nSPS) is 10.0. The number of benzene rings is 2. The van der Waals surface area contributed by atoms with Gasteiger partial charge in [-0.1, -0.05) is 12.1 Å². The minimum absolute atomic E-state index is 0.201. The number of methoxy groups -OCH3 is 2. The molecule has 2 amide bonds. The lowest BCUT2D eigenvalue weighted by molar-refractivity contribution is -0.116. The fraction of sp³-hybridized carbons (Fsp3) is 0.250. The van der Waals surface area contributed by atoms with Crippen molar-refractivity contribution in [2.24, 2.45) is 0 Å². The Hall–Kier alpha value is -3.35. The molecular weight excluding hydrogens is 348 g/mol. The second-order valence-corrected chi connectivity index (χ2v) is 5.70. The Bertz CT molecular complexity index is 835. The highest BCUT2D eigenvalue weighted by Gasteiger charge is 2.15. The van der Waals surface area contributed by atoms with Gasteiger partial charge in [-0.25, -0.2) is 4.79 Å². The van der Waals surface area contributed by atoms with Crippen molar-refractivity contribution in [3.8, 4) is 5.75 Å². The van der Waals surface area contributed by atoms with Crippen LogP contribution in [-0.2, 0) is 9.53 Å². The van der Waals surface area contributed by atoms with Crippen LogP contribution in [0.2, 0.25) is 0 Å². The first-order valence-electron chi connectivity index (χ1n) is 8.35. The third kappa shape index (κ3) is 5.31. The monoisotopic (exact) mass is 370 g/mol. The molecule has 7 heteroatoms. The first-order valence-corrected chi connectivity index (χ1v) is 8.35. The summed E-state index contributed by atoms with van der Waals surface area (Å²) in [5, 5.41) is 2.77. The number of nitrogens with one attached hydrogen (secondary N) is 1. The van der Waals surface area contributed by atoms with Gasteiger partial charge in [0.2, 0.25) is 5.91 Å². The van der Waals surface area contributed by atoms with E-state index in [1.54, 1.807) is 48.5 Å². The standard InChI is InChI=1S/C20H22N2O5/c1-14(23)22(17-8-4-7-16(12-17)20(25)27-3)11-10-21-19(24)15-6-5-9-18(13-15)26-2/h4-9,12-13H,10-11H2,1-3H3,(H,21,24). The lowest BCUT2D eigenvalue weighted by Crippen LogP contribution is -2.37. The zero-order valence-electron chi connectivity index (χ0n) is 15.5. The van der Waals surface area contributed by atoms with E-state index in [0.29, 0.717) is 22.6 Å². The predicted molar refractivity (Wildman–Crippen MR) is 101 cm³/mol. The summed E-state index contributed by atoms with van der Waals surface area (Å²) in [5.41, 5.74) is 1.37. The lowest BCUT2D eigenvalue weighted by Gasteiger charge is -2.22. The third-order valence-electron chi connectivity index (χ3n) is 3.91. The van der Waals surface area contributed by atoms with E-state index < -0.39 is 5.97 Å². The molecule has 27 heavy (non-hydrogen) atoms. The molecule has 2 aromatic carbocycles. The maximum absolute atomic E-state index is 12.3. The molecule has 0 atom stereocenters. The van der Waals surface area contributed by atoms with Crippen molar-refractivity contribution in [2.75, 3.05) is 32.2 Å². The zero-order valence-corrected chi connectivity index (χ0v) is 15.5. The molecule has 0 unspecified atom stereocenters. The Kier molecular flexibility index (Phi) is 6.93. The molecule has 0 spiro atoms. The summed E-state index contributed by atoms with van der Waals surface area (Å²) in [7, 11) is 2.83. The fourth-order valence-corrected chi connectivity index (χ4v) is 2.53. The number of carbonyl (C=O) groups is 3. The van der Waals surface area contributed by atoms with Gasteiger partial charge in [0.1, 0.15) is 5.75 Å². The lowest BCUT2D eigenvalue weighted by atomic mass is 10.2. The van der Waals surface area contributed by atoms with Crippen LogP contribution in [0.25, 0.3) is 0 Å². The highest BCUT2D eigenvalue weighted by molar-refractivity contribution is 5.96. The average molecular weight is 370 g/mol. The Morgan fingerprint density at radius 2 is 1.70 bits per heavy atom. The molecule has 0 fully saturated rings. The number of esters is 1. The number of hydrogen-bond acceptors (Lipinski definition) is 5.